The van der Waals surface area contributed by atoms with Gasteiger partial charge in [0.05, 0.1) is 21.7 Å². The maximum atomic E-state index is 11.7. The van der Waals surface area contributed by atoms with Gasteiger partial charge in [-0.2, -0.15) is 0 Å². The minimum Gasteiger partial charge on any atom is -0.352 e. The van der Waals surface area contributed by atoms with Crippen LogP contribution in [0.25, 0.3) is 10.2 Å². The van der Waals surface area contributed by atoms with Crippen LogP contribution in [-0.4, -0.2) is 38.0 Å². The summed E-state index contributed by atoms with van der Waals surface area (Å²) in [4.78, 5) is 16.4. The molecule has 0 bridgehead atoms. The Balaban J connectivity index is 1.62. The number of benzene rings is 1. The minimum atomic E-state index is -0.0362. The lowest BCUT2D eigenvalue weighted by Crippen LogP contribution is -2.25. The lowest BCUT2D eigenvalue weighted by Gasteiger charge is -2.06. The van der Waals surface area contributed by atoms with E-state index < -0.39 is 0 Å². The SMILES string of the molecule is C=CCNC(=O)CSc1nnc(CSc2nc3ccccc3s2)n1CC. The number of nitrogens with zero attached hydrogens (tertiary/aromatic N) is 4. The summed E-state index contributed by atoms with van der Waals surface area (Å²) in [5.41, 5.74) is 1.03. The summed E-state index contributed by atoms with van der Waals surface area (Å²) >= 11 is 4.75. The second-order valence-corrected chi connectivity index (χ2v) is 8.46. The number of nitrogens with one attached hydrogen (secondary N) is 1. The van der Waals surface area contributed by atoms with Gasteiger partial charge in [-0.15, -0.1) is 28.1 Å². The fourth-order valence-electron chi connectivity index (χ4n) is 2.26. The zero-order valence-electron chi connectivity index (χ0n) is 14.3. The summed E-state index contributed by atoms with van der Waals surface area (Å²) in [6.07, 6.45) is 1.66. The molecule has 3 aromatic rings. The molecular weight excluding hydrogens is 386 g/mol. The summed E-state index contributed by atoms with van der Waals surface area (Å²) in [6, 6.07) is 8.13. The number of aromatic nitrogens is 4. The highest BCUT2D eigenvalue weighted by molar-refractivity contribution is 8.00. The standard InChI is InChI=1S/C17H19N5OS3/c1-3-9-18-15(23)11-24-16-21-20-14(22(16)4-2)10-25-17-19-12-7-5-6-8-13(12)26-17/h3,5-8H,1,4,9-11H2,2H3,(H,18,23). The van der Waals surface area contributed by atoms with Crippen LogP contribution in [0, 0.1) is 0 Å². The predicted octanol–water partition coefficient (Wildman–Crippen LogP) is 3.59. The predicted molar refractivity (Wildman–Crippen MR) is 109 cm³/mol. The fraction of sp³-hybridized carbons (Fsp3) is 0.294. The van der Waals surface area contributed by atoms with Crippen LogP contribution in [-0.2, 0) is 17.1 Å². The molecule has 0 unspecified atom stereocenters. The van der Waals surface area contributed by atoms with E-state index in [-0.39, 0.29) is 5.91 Å². The van der Waals surface area contributed by atoms with Gasteiger partial charge in [0.15, 0.2) is 9.50 Å². The highest BCUT2D eigenvalue weighted by atomic mass is 32.2. The normalized spacial score (nSPS) is 11.0. The van der Waals surface area contributed by atoms with Crippen LogP contribution in [0.1, 0.15) is 12.7 Å². The van der Waals surface area contributed by atoms with Gasteiger partial charge < -0.3 is 9.88 Å². The Morgan fingerprint density at radius 3 is 2.96 bits per heavy atom. The molecule has 0 spiro atoms. The van der Waals surface area contributed by atoms with E-state index in [0.29, 0.717) is 18.1 Å². The smallest absolute Gasteiger partial charge is 0.230 e. The molecule has 2 aromatic heterocycles. The summed E-state index contributed by atoms with van der Waals surface area (Å²) in [6.45, 7) is 6.88. The molecule has 0 saturated heterocycles. The molecule has 6 nitrogen and oxygen atoms in total. The topological polar surface area (TPSA) is 72.7 Å². The van der Waals surface area contributed by atoms with Crippen molar-refractivity contribution >= 4 is 51.0 Å². The Hall–Kier alpha value is -1.84. The van der Waals surface area contributed by atoms with Gasteiger partial charge in [0, 0.05) is 13.1 Å². The van der Waals surface area contributed by atoms with Crippen molar-refractivity contribution in [3.8, 4) is 0 Å². The number of fused-ring (bicyclic) bond motifs is 1. The first-order valence-corrected chi connectivity index (χ1v) is 10.9. The molecular formula is C17H19N5OS3. The van der Waals surface area contributed by atoms with Gasteiger partial charge in [-0.1, -0.05) is 41.7 Å². The summed E-state index contributed by atoms with van der Waals surface area (Å²) in [7, 11) is 0. The summed E-state index contributed by atoms with van der Waals surface area (Å²) in [5.74, 6) is 1.87. The largest absolute Gasteiger partial charge is 0.352 e. The van der Waals surface area contributed by atoms with Gasteiger partial charge in [-0.25, -0.2) is 4.98 Å². The number of hydrogen-bond donors (Lipinski definition) is 1. The molecule has 26 heavy (non-hydrogen) atoms. The molecule has 0 aliphatic heterocycles. The molecule has 3 rings (SSSR count). The highest BCUT2D eigenvalue weighted by Gasteiger charge is 2.14. The number of carbonyl (C=O) groups is 1. The Kier molecular flexibility index (Phi) is 6.70. The highest BCUT2D eigenvalue weighted by Crippen LogP contribution is 2.31. The number of para-hydroxylation sites is 1. The molecule has 0 saturated carbocycles. The van der Waals surface area contributed by atoms with Crippen molar-refractivity contribution in [3.63, 3.8) is 0 Å². The van der Waals surface area contributed by atoms with Crippen molar-refractivity contribution in [1.82, 2.24) is 25.1 Å². The summed E-state index contributed by atoms with van der Waals surface area (Å²) < 4.78 is 4.26. The van der Waals surface area contributed by atoms with E-state index in [4.69, 9.17) is 0 Å². The molecule has 0 aliphatic carbocycles. The fourth-order valence-corrected chi connectivity index (χ4v) is 5.12. The number of thioether (sulfide) groups is 2. The molecule has 2 heterocycles. The van der Waals surface area contributed by atoms with E-state index in [1.165, 1.54) is 16.5 Å². The average molecular weight is 406 g/mol. The monoisotopic (exact) mass is 405 g/mol. The summed E-state index contributed by atoms with van der Waals surface area (Å²) in [5, 5.41) is 12.1. The van der Waals surface area contributed by atoms with Crippen molar-refractivity contribution in [2.75, 3.05) is 12.3 Å². The zero-order chi connectivity index (χ0) is 18.4. The first kappa shape index (κ1) is 18.9. The van der Waals surface area contributed by atoms with Crippen molar-refractivity contribution in [1.29, 1.82) is 0 Å². The molecule has 9 heteroatoms. The Morgan fingerprint density at radius 2 is 2.19 bits per heavy atom. The van der Waals surface area contributed by atoms with Crippen LogP contribution < -0.4 is 5.32 Å². The third-order valence-electron chi connectivity index (χ3n) is 3.48. The second-order valence-electron chi connectivity index (χ2n) is 5.26. The number of thiazole rings is 1. The maximum Gasteiger partial charge on any atom is 0.230 e. The van der Waals surface area contributed by atoms with Crippen molar-refractivity contribution in [3.05, 3.63) is 42.7 Å². The molecule has 136 valence electrons. The number of rotatable bonds is 9. The van der Waals surface area contributed by atoms with Crippen molar-refractivity contribution < 1.29 is 4.79 Å². The van der Waals surface area contributed by atoms with Gasteiger partial charge >= 0.3 is 0 Å². The molecule has 1 aromatic carbocycles. The van der Waals surface area contributed by atoms with E-state index >= 15 is 0 Å². The molecule has 0 radical (unpaired) electrons. The van der Waals surface area contributed by atoms with Crippen LogP contribution in [0.4, 0.5) is 0 Å². The zero-order valence-corrected chi connectivity index (χ0v) is 16.8. The quantitative estimate of drug-likeness (QED) is 0.433. The Morgan fingerprint density at radius 1 is 1.35 bits per heavy atom. The third kappa shape index (κ3) is 4.66. The van der Waals surface area contributed by atoms with Gasteiger partial charge in [-0.05, 0) is 19.1 Å². The van der Waals surface area contributed by atoms with E-state index in [9.17, 15) is 4.79 Å². The van der Waals surface area contributed by atoms with E-state index in [1.54, 1.807) is 29.2 Å². The molecule has 1 amide bonds. The van der Waals surface area contributed by atoms with Crippen LogP contribution in [0.5, 0.6) is 0 Å². The lowest BCUT2D eigenvalue weighted by molar-refractivity contribution is -0.118. The third-order valence-corrected chi connectivity index (χ3v) is 6.63. The van der Waals surface area contributed by atoms with Crippen LogP contribution in [0.3, 0.4) is 0 Å². The van der Waals surface area contributed by atoms with E-state index in [0.717, 1.165) is 27.4 Å². The molecule has 0 aliphatic rings. The average Bonchev–Trinajstić information content (AvgIpc) is 3.25. The van der Waals surface area contributed by atoms with Crippen LogP contribution in [0.2, 0.25) is 0 Å². The van der Waals surface area contributed by atoms with Gasteiger partial charge in [0.2, 0.25) is 5.91 Å². The molecule has 0 atom stereocenters. The van der Waals surface area contributed by atoms with Crippen LogP contribution >= 0.6 is 34.9 Å². The van der Waals surface area contributed by atoms with Gasteiger partial charge in [-0.3, -0.25) is 4.79 Å². The Labute approximate surface area is 164 Å². The molecule has 1 N–H and O–H groups in total. The molecule has 0 fully saturated rings. The first-order valence-electron chi connectivity index (χ1n) is 8.12. The lowest BCUT2D eigenvalue weighted by atomic mass is 10.3. The number of hydrogen-bond acceptors (Lipinski definition) is 7. The van der Waals surface area contributed by atoms with Crippen LogP contribution in [0.15, 0.2) is 46.4 Å². The maximum absolute atomic E-state index is 11.7. The van der Waals surface area contributed by atoms with Crippen molar-refractivity contribution in [2.45, 2.75) is 28.7 Å². The van der Waals surface area contributed by atoms with Gasteiger partial charge in [0.1, 0.15) is 5.82 Å². The number of carbonyl (C=O) groups excluding carboxylic acids is 1. The first-order chi connectivity index (χ1) is 12.7. The second kappa shape index (κ2) is 9.20. The van der Waals surface area contributed by atoms with E-state index in [1.807, 2.05) is 22.8 Å². The Bertz CT molecular complexity index is 872. The minimum absolute atomic E-state index is 0.0362. The van der Waals surface area contributed by atoms with Gasteiger partial charge in [0.25, 0.3) is 0 Å². The number of amides is 1. The van der Waals surface area contributed by atoms with E-state index in [2.05, 4.69) is 40.1 Å². The van der Waals surface area contributed by atoms with Crippen molar-refractivity contribution in [2.24, 2.45) is 0 Å².